The highest BCUT2D eigenvalue weighted by molar-refractivity contribution is 7.90. The Hall–Kier alpha value is -4.32. The van der Waals surface area contributed by atoms with Crippen LogP contribution in [0.2, 0.25) is 0 Å². The van der Waals surface area contributed by atoms with E-state index < -0.39 is 27.9 Å². The molecule has 1 aliphatic heterocycles. The molecule has 2 heterocycles. The van der Waals surface area contributed by atoms with Crippen LogP contribution in [0, 0.1) is 6.92 Å². The first-order valence-electron chi connectivity index (χ1n) is 18.5. The van der Waals surface area contributed by atoms with Crippen molar-refractivity contribution in [3.8, 4) is 0 Å². The van der Waals surface area contributed by atoms with Crippen molar-refractivity contribution in [1.29, 1.82) is 0 Å². The fourth-order valence-electron chi connectivity index (χ4n) is 6.45. The van der Waals surface area contributed by atoms with Gasteiger partial charge in [-0.05, 0) is 43.2 Å². The minimum atomic E-state index is -4.13. The SMILES string of the molecule is CCCCCCCCCCCCCCCCCCN1C(C(C(=O)Nc2cc(C)ccc2C=O)n2cc(C(=O)O)cn2)=Nc2ccccc2S1(=O)=O. The van der Waals surface area contributed by atoms with Gasteiger partial charge in [0, 0.05) is 18.3 Å². The van der Waals surface area contributed by atoms with Gasteiger partial charge in [-0.2, -0.15) is 5.10 Å². The van der Waals surface area contributed by atoms with E-state index in [0.29, 0.717) is 12.7 Å². The van der Waals surface area contributed by atoms with Gasteiger partial charge in [-0.3, -0.25) is 18.6 Å². The molecular formula is C39H53N5O6S. The number of fused-ring (bicyclic) bond motifs is 1. The molecule has 2 aromatic carbocycles. The molecule has 1 unspecified atom stereocenters. The van der Waals surface area contributed by atoms with E-state index in [9.17, 15) is 27.9 Å². The van der Waals surface area contributed by atoms with E-state index in [-0.39, 0.29) is 39.8 Å². The average Bonchev–Trinajstić information content (AvgIpc) is 3.59. The Kier molecular flexibility index (Phi) is 15.4. The molecule has 0 spiro atoms. The average molecular weight is 720 g/mol. The Morgan fingerprint density at radius 1 is 0.863 bits per heavy atom. The molecule has 276 valence electrons. The van der Waals surface area contributed by atoms with Crippen LogP contribution >= 0.6 is 0 Å². The number of anilines is 1. The van der Waals surface area contributed by atoms with Gasteiger partial charge in [0.15, 0.2) is 18.2 Å². The number of benzene rings is 2. The molecule has 1 aromatic heterocycles. The lowest BCUT2D eigenvalue weighted by atomic mass is 10.0. The summed E-state index contributed by atoms with van der Waals surface area (Å²) in [5.74, 6) is -2.09. The number of unbranched alkanes of at least 4 members (excludes halogenated alkanes) is 15. The van der Waals surface area contributed by atoms with Gasteiger partial charge in [-0.15, -0.1) is 0 Å². The molecule has 0 saturated heterocycles. The zero-order chi connectivity index (χ0) is 36.6. The first-order chi connectivity index (χ1) is 24.7. The highest BCUT2D eigenvalue weighted by Gasteiger charge is 2.41. The number of carbonyl (C=O) groups is 3. The second-order valence-corrected chi connectivity index (χ2v) is 15.3. The molecule has 3 aromatic rings. The van der Waals surface area contributed by atoms with Crippen molar-refractivity contribution in [2.24, 2.45) is 4.99 Å². The molecule has 1 atom stereocenters. The summed E-state index contributed by atoms with van der Waals surface area (Å²) in [6.07, 6.45) is 21.8. The third-order valence-corrected chi connectivity index (χ3v) is 11.2. The minimum absolute atomic E-state index is 0.0259. The van der Waals surface area contributed by atoms with E-state index in [1.165, 1.54) is 82.9 Å². The van der Waals surface area contributed by atoms with Crippen LogP contribution < -0.4 is 5.32 Å². The van der Waals surface area contributed by atoms with Gasteiger partial charge in [-0.1, -0.05) is 121 Å². The summed E-state index contributed by atoms with van der Waals surface area (Å²) in [7, 11) is -4.13. The third kappa shape index (κ3) is 11.1. The molecule has 2 N–H and O–H groups in total. The summed E-state index contributed by atoms with van der Waals surface area (Å²) in [5.41, 5.74) is 1.24. The number of nitrogens with one attached hydrogen (secondary N) is 1. The van der Waals surface area contributed by atoms with E-state index in [0.717, 1.165) is 46.4 Å². The van der Waals surface area contributed by atoms with Crippen LogP contribution in [0.15, 0.2) is 64.7 Å². The maximum Gasteiger partial charge on any atom is 0.338 e. The fraction of sp³-hybridized carbons (Fsp3) is 0.513. The van der Waals surface area contributed by atoms with Crippen LogP contribution in [0.3, 0.4) is 0 Å². The van der Waals surface area contributed by atoms with Gasteiger partial charge in [0.05, 0.1) is 23.1 Å². The van der Waals surface area contributed by atoms with Crippen LogP contribution in [0.5, 0.6) is 0 Å². The minimum Gasteiger partial charge on any atom is -0.478 e. The standard InChI is InChI=1S/C39H53N5O6S/c1-3-4-5-6-7-8-9-10-11-12-13-14-15-16-17-20-25-44-37(41-33-21-18-19-22-35(33)51(44,49)50)36(43-28-32(27-40-43)39(47)48)38(46)42-34-26-30(2)23-24-31(34)29-45/h18-19,21-24,26-29,36H,3-17,20,25H2,1-2H3,(H,42,46)(H,47,48). The van der Waals surface area contributed by atoms with Crippen LogP contribution in [0.4, 0.5) is 11.4 Å². The van der Waals surface area contributed by atoms with Gasteiger partial charge in [0.2, 0.25) is 0 Å². The fourth-order valence-corrected chi connectivity index (χ4v) is 8.07. The first-order valence-corrected chi connectivity index (χ1v) is 20.0. The van der Waals surface area contributed by atoms with E-state index in [1.54, 1.807) is 36.4 Å². The van der Waals surface area contributed by atoms with E-state index in [1.807, 2.05) is 6.92 Å². The van der Waals surface area contributed by atoms with Crippen LogP contribution in [0.1, 0.15) is 142 Å². The summed E-state index contributed by atoms with van der Waals surface area (Å²) in [5, 5.41) is 16.5. The molecule has 0 radical (unpaired) electrons. The summed E-state index contributed by atoms with van der Waals surface area (Å²) in [4.78, 5) is 42.4. The quantitative estimate of drug-likeness (QED) is 0.0734. The molecule has 11 nitrogen and oxygen atoms in total. The predicted octanol–water partition coefficient (Wildman–Crippen LogP) is 8.88. The second-order valence-electron chi connectivity index (χ2n) is 13.4. The largest absolute Gasteiger partial charge is 0.478 e. The molecule has 0 bridgehead atoms. The second kappa shape index (κ2) is 19.9. The number of amides is 1. The lowest BCUT2D eigenvalue weighted by molar-refractivity contribution is -0.117. The number of carboxylic acid groups (broad SMARTS) is 1. The lowest BCUT2D eigenvalue weighted by Crippen LogP contribution is -2.47. The van der Waals surface area contributed by atoms with Crippen molar-refractivity contribution in [2.75, 3.05) is 11.9 Å². The number of hydrogen-bond donors (Lipinski definition) is 2. The molecule has 0 fully saturated rings. The summed E-state index contributed by atoms with van der Waals surface area (Å²) in [6.45, 7) is 4.13. The number of carboxylic acids is 1. The number of aromatic nitrogens is 2. The number of aryl methyl sites for hydroxylation is 1. The summed E-state index contributed by atoms with van der Waals surface area (Å²) < 4.78 is 30.5. The lowest BCUT2D eigenvalue weighted by Gasteiger charge is -2.33. The predicted molar refractivity (Wildman–Crippen MR) is 200 cm³/mol. The summed E-state index contributed by atoms with van der Waals surface area (Å²) >= 11 is 0. The Bertz CT molecular complexity index is 1750. The Labute approximate surface area is 302 Å². The normalized spacial score (nSPS) is 14.1. The topological polar surface area (TPSA) is 151 Å². The maximum atomic E-state index is 14.1. The molecule has 1 aliphatic rings. The van der Waals surface area contributed by atoms with Gasteiger partial charge < -0.3 is 10.4 Å². The van der Waals surface area contributed by atoms with Crippen molar-refractivity contribution < 1.29 is 27.9 Å². The third-order valence-electron chi connectivity index (χ3n) is 9.34. The molecular weight excluding hydrogens is 667 g/mol. The molecule has 4 rings (SSSR count). The van der Waals surface area contributed by atoms with E-state index >= 15 is 0 Å². The molecule has 0 saturated carbocycles. The molecule has 51 heavy (non-hydrogen) atoms. The van der Waals surface area contributed by atoms with E-state index in [4.69, 9.17) is 4.99 Å². The number of carbonyl (C=O) groups excluding carboxylic acids is 2. The Morgan fingerprint density at radius 2 is 1.45 bits per heavy atom. The number of para-hydroxylation sites is 1. The van der Waals surface area contributed by atoms with Crippen molar-refractivity contribution in [3.05, 3.63) is 71.5 Å². The van der Waals surface area contributed by atoms with Crippen molar-refractivity contribution in [1.82, 2.24) is 14.1 Å². The van der Waals surface area contributed by atoms with Crippen molar-refractivity contribution in [3.63, 3.8) is 0 Å². The highest BCUT2D eigenvalue weighted by Crippen LogP contribution is 2.35. The maximum absolute atomic E-state index is 14.1. The number of sulfonamides is 1. The van der Waals surface area contributed by atoms with Gasteiger partial charge in [0.1, 0.15) is 4.90 Å². The zero-order valence-electron chi connectivity index (χ0n) is 30.1. The number of aromatic carboxylic acids is 1. The van der Waals surface area contributed by atoms with Gasteiger partial charge >= 0.3 is 5.97 Å². The number of aliphatic imine (C=N–C) groups is 1. The van der Waals surface area contributed by atoms with Crippen molar-refractivity contribution in [2.45, 2.75) is 128 Å². The smallest absolute Gasteiger partial charge is 0.338 e. The van der Waals surface area contributed by atoms with Gasteiger partial charge in [-0.25, -0.2) is 18.2 Å². The van der Waals surface area contributed by atoms with Crippen molar-refractivity contribution >= 4 is 45.4 Å². The Morgan fingerprint density at radius 3 is 2.02 bits per heavy atom. The highest BCUT2D eigenvalue weighted by atomic mass is 32.2. The van der Waals surface area contributed by atoms with Crippen LogP contribution in [-0.4, -0.2) is 58.2 Å². The summed E-state index contributed by atoms with van der Waals surface area (Å²) in [6, 6.07) is 9.80. The van der Waals surface area contributed by atoms with E-state index in [2.05, 4.69) is 17.3 Å². The zero-order valence-corrected chi connectivity index (χ0v) is 30.9. The Balaban J connectivity index is 1.43. The first kappa shape index (κ1) is 39.5. The monoisotopic (exact) mass is 719 g/mol. The van der Waals surface area contributed by atoms with Crippen LogP contribution in [0.25, 0.3) is 0 Å². The number of nitrogens with zero attached hydrogens (tertiary/aromatic N) is 4. The van der Waals surface area contributed by atoms with Gasteiger partial charge in [0.25, 0.3) is 15.9 Å². The molecule has 12 heteroatoms. The number of rotatable bonds is 23. The number of aldehydes is 1. The molecule has 0 aliphatic carbocycles. The number of amidine groups is 1. The number of hydrogen-bond acceptors (Lipinski definition) is 7. The molecule has 1 amide bonds. The van der Waals surface area contributed by atoms with Crippen LogP contribution in [-0.2, 0) is 14.8 Å².